The average Bonchev–Trinajstić information content (AvgIpc) is 3.17. The van der Waals surface area contributed by atoms with Crippen LogP contribution in [0.3, 0.4) is 0 Å². The van der Waals surface area contributed by atoms with Crippen LogP contribution < -0.4 is 0 Å². The van der Waals surface area contributed by atoms with E-state index in [1.807, 2.05) is 42.5 Å². The van der Waals surface area contributed by atoms with E-state index < -0.39 is 0 Å². The minimum Gasteiger partial charge on any atom is -0.440 e. The van der Waals surface area contributed by atoms with Crippen molar-refractivity contribution >= 4 is 17.0 Å². The van der Waals surface area contributed by atoms with Crippen LogP contribution in [-0.2, 0) is 0 Å². The van der Waals surface area contributed by atoms with Gasteiger partial charge >= 0.3 is 0 Å². The number of hydrogen-bond donors (Lipinski definition) is 0. The van der Waals surface area contributed by atoms with Crippen molar-refractivity contribution in [1.29, 1.82) is 5.26 Å². The summed E-state index contributed by atoms with van der Waals surface area (Å²) in [5.41, 5.74) is 4.22. The maximum atomic E-state index is 12.9. The van der Waals surface area contributed by atoms with Crippen LogP contribution in [0.5, 0.6) is 0 Å². The van der Waals surface area contributed by atoms with Crippen molar-refractivity contribution in [3.05, 3.63) is 53.9 Å². The quantitative estimate of drug-likeness (QED) is 0.648. The fourth-order valence-electron chi connectivity index (χ4n) is 3.65. The molecule has 142 valence electrons. The van der Waals surface area contributed by atoms with E-state index in [1.165, 1.54) is 0 Å². The number of carbonyl (C=O) groups excluding carboxylic acids is 1. The monoisotopic (exact) mass is 373 g/mol. The Balaban J connectivity index is 1.62. The molecule has 1 unspecified atom stereocenters. The second-order valence-electron chi connectivity index (χ2n) is 7.69. The average molecular weight is 373 g/mol. The van der Waals surface area contributed by atoms with Crippen LogP contribution >= 0.6 is 0 Å². The van der Waals surface area contributed by atoms with Gasteiger partial charge in [0.25, 0.3) is 5.91 Å². The molecule has 0 radical (unpaired) electrons. The summed E-state index contributed by atoms with van der Waals surface area (Å²) in [4.78, 5) is 19.3. The lowest BCUT2D eigenvalue weighted by Gasteiger charge is -2.29. The molecule has 2 aromatic carbocycles. The van der Waals surface area contributed by atoms with Crippen LogP contribution in [0, 0.1) is 17.2 Å². The largest absolute Gasteiger partial charge is 0.440 e. The molecule has 1 aliphatic heterocycles. The van der Waals surface area contributed by atoms with Gasteiger partial charge in [-0.15, -0.1) is 0 Å². The van der Waals surface area contributed by atoms with Crippen molar-refractivity contribution < 1.29 is 9.21 Å². The minimum atomic E-state index is -0.0643. The molecule has 1 aromatic heterocycles. The molecule has 5 heteroatoms. The Morgan fingerprint density at radius 2 is 2.07 bits per heavy atom. The molecule has 3 aromatic rings. The van der Waals surface area contributed by atoms with Crippen LogP contribution in [0.1, 0.15) is 48.9 Å². The van der Waals surface area contributed by atoms with E-state index in [-0.39, 0.29) is 17.7 Å². The van der Waals surface area contributed by atoms with E-state index in [2.05, 4.69) is 24.9 Å². The highest BCUT2D eigenvalue weighted by molar-refractivity contribution is 5.96. The molecule has 0 bridgehead atoms. The second kappa shape index (κ2) is 7.47. The highest BCUT2D eigenvalue weighted by Crippen LogP contribution is 2.28. The van der Waals surface area contributed by atoms with Crippen molar-refractivity contribution in [3.8, 4) is 17.2 Å². The third kappa shape index (κ3) is 3.50. The van der Waals surface area contributed by atoms with E-state index in [0.717, 1.165) is 41.0 Å². The number of nitrogens with zero attached hydrogens (tertiary/aromatic N) is 3. The fourth-order valence-corrected chi connectivity index (χ4v) is 3.65. The lowest BCUT2D eigenvalue weighted by atomic mass is 9.98. The Bertz CT molecular complexity index is 1060. The zero-order valence-electron chi connectivity index (χ0n) is 16.2. The van der Waals surface area contributed by atoms with Gasteiger partial charge in [-0.1, -0.05) is 32.0 Å². The Kier molecular flexibility index (Phi) is 4.87. The van der Waals surface area contributed by atoms with Crippen molar-refractivity contribution in [1.82, 2.24) is 9.88 Å². The zero-order chi connectivity index (χ0) is 19.7. The molecule has 4 rings (SSSR count). The third-order valence-corrected chi connectivity index (χ3v) is 5.23. The molecule has 0 N–H and O–H groups in total. The topological polar surface area (TPSA) is 70.1 Å². The van der Waals surface area contributed by atoms with E-state index in [1.54, 1.807) is 4.90 Å². The number of piperidine rings is 1. The lowest BCUT2D eigenvalue weighted by molar-refractivity contribution is 0.0699. The second-order valence-corrected chi connectivity index (χ2v) is 7.69. The first-order chi connectivity index (χ1) is 13.5. The SMILES string of the molecule is CC(C)c1nc2cc(-c3cccc(C(=O)N4CCCC(C#N)C4)c3)ccc2o1. The van der Waals surface area contributed by atoms with E-state index in [9.17, 15) is 10.1 Å². The van der Waals surface area contributed by atoms with Gasteiger partial charge in [-0.3, -0.25) is 4.79 Å². The van der Waals surface area contributed by atoms with Crippen LogP contribution in [0.2, 0.25) is 0 Å². The molecule has 1 atom stereocenters. The highest BCUT2D eigenvalue weighted by Gasteiger charge is 2.24. The molecule has 0 saturated carbocycles. The van der Waals surface area contributed by atoms with E-state index >= 15 is 0 Å². The molecule has 0 aliphatic carbocycles. The molecule has 1 amide bonds. The van der Waals surface area contributed by atoms with Gasteiger partial charge in [0.15, 0.2) is 11.5 Å². The predicted molar refractivity (Wildman–Crippen MR) is 108 cm³/mol. The number of oxazole rings is 1. The Morgan fingerprint density at radius 3 is 2.86 bits per heavy atom. The number of fused-ring (bicyclic) bond motifs is 1. The summed E-state index contributed by atoms with van der Waals surface area (Å²) in [6.45, 7) is 5.34. The van der Waals surface area contributed by atoms with Crippen LogP contribution in [0.25, 0.3) is 22.2 Å². The Hall–Kier alpha value is -3.13. The normalized spacial score (nSPS) is 17.1. The maximum absolute atomic E-state index is 12.9. The standard InChI is InChI=1S/C23H23N3O2/c1-15(2)22-25-20-12-18(8-9-21(20)28-22)17-6-3-7-19(11-17)23(27)26-10-4-5-16(13-24)14-26/h3,6-9,11-12,15-16H,4-5,10,14H2,1-2H3. The summed E-state index contributed by atoms with van der Waals surface area (Å²) in [6.07, 6.45) is 1.75. The number of hydrogen-bond acceptors (Lipinski definition) is 4. The summed E-state index contributed by atoms with van der Waals surface area (Å²) < 4.78 is 5.78. The number of rotatable bonds is 3. The summed E-state index contributed by atoms with van der Waals surface area (Å²) in [5.74, 6) is 0.892. The number of likely N-dealkylation sites (tertiary alicyclic amines) is 1. The zero-order valence-corrected chi connectivity index (χ0v) is 16.2. The number of benzene rings is 2. The molecule has 1 fully saturated rings. The lowest BCUT2D eigenvalue weighted by Crippen LogP contribution is -2.39. The van der Waals surface area contributed by atoms with Gasteiger partial charge in [-0.05, 0) is 48.2 Å². The fraction of sp³-hybridized carbons (Fsp3) is 0.348. The first-order valence-corrected chi connectivity index (χ1v) is 9.75. The molecular formula is C23H23N3O2. The van der Waals surface area contributed by atoms with Crippen LogP contribution in [0.15, 0.2) is 46.9 Å². The van der Waals surface area contributed by atoms with Crippen molar-refractivity contribution in [2.75, 3.05) is 13.1 Å². The van der Waals surface area contributed by atoms with E-state index in [0.29, 0.717) is 18.7 Å². The molecular weight excluding hydrogens is 350 g/mol. The Morgan fingerprint density at radius 1 is 1.25 bits per heavy atom. The number of nitriles is 1. The molecule has 1 aliphatic rings. The summed E-state index contributed by atoms with van der Waals surface area (Å²) in [5, 5.41) is 9.17. The first kappa shape index (κ1) is 18.2. The third-order valence-electron chi connectivity index (χ3n) is 5.23. The van der Waals surface area contributed by atoms with Gasteiger partial charge in [-0.25, -0.2) is 4.98 Å². The van der Waals surface area contributed by atoms with Gasteiger partial charge in [0.1, 0.15) is 5.52 Å². The van der Waals surface area contributed by atoms with Crippen molar-refractivity contribution in [2.45, 2.75) is 32.6 Å². The molecule has 0 spiro atoms. The van der Waals surface area contributed by atoms with Gasteiger partial charge in [0.05, 0.1) is 12.0 Å². The minimum absolute atomic E-state index is 0.00796. The number of carbonyl (C=O) groups is 1. The number of amides is 1. The van der Waals surface area contributed by atoms with Gasteiger partial charge in [0, 0.05) is 24.6 Å². The molecule has 28 heavy (non-hydrogen) atoms. The van der Waals surface area contributed by atoms with Crippen LogP contribution in [-0.4, -0.2) is 28.9 Å². The Labute approximate surface area is 164 Å². The maximum Gasteiger partial charge on any atom is 0.253 e. The van der Waals surface area contributed by atoms with Gasteiger partial charge < -0.3 is 9.32 Å². The molecule has 1 saturated heterocycles. The smallest absolute Gasteiger partial charge is 0.253 e. The number of aromatic nitrogens is 1. The highest BCUT2D eigenvalue weighted by atomic mass is 16.3. The first-order valence-electron chi connectivity index (χ1n) is 9.75. The van der Waals surface area contributed by atoms with Crippen molar-refractivity contribution in [3.63, 3.8) is 0 Å². The molecule has 5 nitrogen and oxygen atoms in total. The summed E-state index contributed by atoms with van der Waals surface area (Å²) in [6, 6.07) is 15.9. The van der Waals surface area contributed by atoms with Crippen LogP contribution in [0.4, 0.5) is 0 Å². The van der Waals surface area contributed by atoms with Gasteiger partial charge in [-0.2, -0.15) is 5.26 Å². The van der Waals surface area contributed by atoms with E-state index in [4.69, 9.17) is 4.42 Å². The molecule has 2 heterocycles. The van der Waals surface area contributed by atoms with Gasteiger partial charge in [0.2, 0.25) is 0 Å². The predicted octanol–water partition coefficient (Wildman–Crippen LogP) is 4.99. The van der Waals surface area contributed by atoms with Crippen molar-refractivity contribution in [2.24, 2.45) is 5.92 Å². The summed E-state index contributed by atoms with van der Waals surface area (Å²) >= 11 is 0. The summed E-state index contributed by atoms with van der Waals surface area (Å²) in [7, 11) is 0.